The Kier molecular flexibility index (Phi) is 4.19. The van der Waals surface area contributed by atoms with Crippen LogP contribution in [0.3, 0.4) is 0 Å². The summed E-state index contributed by atoms with van der Waals surface area (Å²) in [5, 5.41) is 0. The zero-order chi connectivity index (χ0) is 13.0. The number of hydrogen-bond donors (Lipinski definition) is 1. The molecule has 0 fully saturated rings. The van der Waals surface area contributed by atoms with Gasteiger partial charge in [-0.25, -0.2) is 13.1 Å². The van der Waals surface area contributed by atoms with E-state index >= 15 is 0 Å². The van der Waals surface area contributed by atoms with Gasteiger partial charge in [0.2, 0.25) is 10.0 Å². The number of nitrogens with one attached hydrogen (secondary N) is 1. The highest BCUT2D eigenvalue weighted by Crippen LogP contribution is 2.18. The molecule has 0 aromatic heterocycles. The van der Waals surface area contributed by atoms with Crippen molar-refractivity contribution in [3.63, 3.8) is 0 Å². The third-order valence-corrected chi connectivity index (χ3v) is 4.71. The van der Waals surface area contributed by atoms with Gasteiger partial charge in [-0.1, -0.05) is 29.8 Å². The van der Waals surface area contributed by atoms with E-state index in [1.165, 1.54) is 0 Å². The minimum absolute atomic E-state index is 0.347. The van der Waals surface area contributed by atoms with Crippen molar-refractivity contribution in [1.29, 1.82) is 0 Å². The van der Waals surface area contributed by atoms with E-state index in [-0.39, 0.29) is 0 Å². The first kappa shape index (κ1) is 13.3. The van der Waals surface area contributed by atoms with Gasteiger partial charge in [-0.15, -0.1) is 0 Å². The van der Waals surface area contributed by atoms with E-state index in [1.807, 2.05) is 19.1 Å². The summed E-state index contributed by atoms with van der Waals surface area (Å²) in [7, 11) is -3.35. The van der Waals surface area contributed by atoms with Gasteiger partial charge in [0.05, 0.1) is 4.90 Å². The molecule has 1 aliphatic carbocycles. The molecule has 1 aromatic rings. The van der Waals surface area contributed by atoms with Crippen molar-refractivity contribution >= 4 is 10.0 Å². The summed E-state index contributed by atoms with van der Waals surface area (Å²) in [6.07, 6.45) is 7.37. The predicted octanol–water partition coefficient (Wildman–Crippen LogP) is 2.63. The van der Waals surface area contributed by atoms with Crippen LogP contribution in [0.1, 0.15) is 24.8 Å². The van der Waals surface area contributed by atoms with E-state index in [2.05, 4.69) is 16.9 Å². The molecule has 18 heavy (non-hydrogen) atoms. The fourth-order valence-electron chi connectivity index (χ4n) is 2.07. The molecule has 1 N–H and O–H groups in total. The monoisotopic (exact) mass is 265 g/mol. The van der Waals surface area contributed by atoms with Gasteiger partial charge >= 0.3 is 0 Å². The molecular formula is C14H19NO2S. The fourth-order valence-corrected chi connectivity index (χ4v) is 3.19. The summed E-state index contributed by atoms with van der Waals surface area (Å²) in [6.45, 7) is 2.47. The fraction of sp³-hybridized carbons (Fsp3) is 0.429. The molecule has 4 heteroatoms. The zero-order valence-corrected chi connectivity index (χ0v) is 11.4. The van der Waals surface area contributed by atoms with Crippen LogP contribution in [-0.4, -0.2) is 15.0 Å². The van der Waals surface area contributed by atoms with Gasteiger partial charge in [0.25, 0.3) is 0 Å². The van der Waals surface area contributed by atoms with E-state index in [0.29, 0.717) is 17.4 Å². The Bertz CT molecular complexity index is 517. The second kappa shape index (κ2) is 5.67. The first-order chi connectivity index (χ1) is 8.58. The van der Waals surface area contributed by atoms with E-state index in [4.69, 9.17) is 0 Å². The normalized spacial score (nSPS) is 19.9. The van der Waals surface area contributed by atoms with Crippen LogP contribution in [0.15, 0.2) is 41.3 Å². The summed E-state index contributed by atoms with van der Waals surface area (Å²) < 4.78 is 26.8. The Morgan fingerprint density at radius 1 is 1.22 bits per heavy atom. The first-order valence-electron chi connectivity index (χ1n) is 6.29. The molecular weight excluding hydrogens is 246 g/mol. The molecule has 3 nitrogen and oxygen atoms in total. The van der Waals surface area contributed by atoms with Crippen LogP contribution in [0, 0.1) is 12.8 Å². The standard InChI is InChI=1S/C14H19NO2S/c1-12-7-9-14(10-8-12)18(16,17)15-11-13-5-3-2-4-6-13/h2-3,7-10,13,15H,4-6,11H2,1H3. The van der Waals surface area contributed by atoms with Crippen molar-refractivity contribution in [1.82, 2.24) is 4.72 Å². The highest BCUT2D eigenvalue weighted by Gasteiger charge is 2.16. The molecule has 98 valence electrons. The molecule has 1 unspecified atom stereocenters. The first-order valence-corrected chi connectivity index (χ1v) is 7.77. The molecule has 1 atom stereocenters. The number of aryl methyl sites for hydroxylation is 1. The van der Waals surface area contributed by atoms with E-state index in [9.17, 15) is 8.42 Å². The third kappa shape index (κ3) is 3.43. The largest absolute Gasteiger partial charge is 0.240 e. The Labute approximate surface area is 109 Å². The van der Waals surface area contributed by atoms with Crippen LogP contribution in [0.2, 0.25) is 0 Å². The molecule has 1 aliphatic rings. The van der Waals surface area contributed by atoms with Crippen LogP contribution in [0.4, 0.5) is 0 Å². The van der Waals surface area contributed by atoms with Gasteiger partial charge < -0.3 is 0 Å². The molecule has 0 heterocycles. The zero-order valence-electron chi connectivity index (χ0n) is 10.6. The summed E-state index contributed by atoms with van der Waals surface area (Å²) in [6, 6.07) is 6.94. The van der Waals surface area contributed by atoms with Crippen molar-refractivity contribution in [3.8, 4) is 0 Å². The smallest absolute Gasteiger partial charge is 0.211 e. The van der Waals surface area contributed by atoms with E-state index < -0.39 is 10.0 Å². The summed E-state index contributed by atoms with van der Waals surface area (Å²) in [4.78, 5) is 0.347. The molecule has 0 bridgehead atoms. The lowest BCUT2D eigenvalue weighted by atomic mass is 9.95. The van der Waals surface area contributed by atoms with Crippen molar-refractivity contribution in [2.75, 3.05) is 6.54 Å². The molecule has 0 spiro atoms. The summed E-state index contributed by atoms with van der Waals surface area (Å²) >= 11 is 0. The molecule has 0 radical (unpaired) electrons. The third-order valence-electron chi connectivity index (χ3n) is 3.27. The highest BCUT2D eigenvalue weighted by atomic mass is 32.2. The van der Waals surface area contributed by atoms with Crippen LogP contribution in [0.5, 0.6) is 0 Å². The van der Waals surface area contributed by atoms with E-state index in [1.54, 1.807) is 12.1 Å². The molecule has 0 saturated carbocycles. The SMILES string of the molecule is Cc1ccc(S(=O)(=O)NCC2CC=CCC2)cc1. The van der Waals surface area contributed by atoms with Crippen LogP contribution < -0.4 is 4.72 Å². The lowest BCUT2D eigenvalue weighted by Crippen LogP contribution is -2.29. The van der Waals surface area contributed by atoms with Gasteiger partial charge in [-0.3, -0.25) is 0 Å². The average Bonchev–Trinajstić information content (AvgIpc) is 2.38. The van der Waals surface area contributed by atoms with Crippen LogP contribution in [-0.2, 0) is 10.0 Å². The number of benzene rings is 1. The maximum Gasteiger partial charge on any atom is 0.240 e. The van der Waals surface area contributed by atoms with Gasteiger partial charge in [0, 0.05) is 6.54 Å². The predicted molar refractivity (Wildman–Crippen MR) is 72.8 cm³/mol. The molecule has 1 aromatic carbocycles. The van der Waals surface area contributed by atoms with E-state index in [0.717, 1.165) is 24.8 Å². The number of sulfonamides is 1. The minimum Gasteiger partial charge on any atom is -0.211 e. The second-order valence-electron chi connectivity index (χ2n) is 4.82. The van der Waals surface area contributed by atoms with Crippen molar-refractivity contribution < 1.29 is 8.42 Å². The van der Waals surface area contributed by atoms with Crippen LogP contribution >= 0.6 is 0 Å². The molecule has 0 amide bonds. The Morgan fingerprint density at radius 3 is 2.56 bits per heavy atom. The van der Waals surface area contributed by atoms with Crippen molar-refractivity contribution in [3.05, 3.63) is 42.0 Å². The average molecular weight is 265 g/mol. The Balaban J connectivity index is 1.99. The number of allylic oxidation sites excluding steroid dienone is 2. The topological polar surface area (TPSA) is 46.2 Å². The Morgan fingerprint density at radius 2 is 1.94 bits per heavy atom. The highest BCUT2D eigenvalue weighted by molar-refractivity contribution is 7.89. The van der Waals surface area contributed by atoms with Gasteiger partial charge in [0.15, 0.2) is 0 Å². The van der Waals surface area contributed by atoms with Gasteiger partial charge in [-0.05, 0) is 44.2 Å². The quantitative estimate of drug-likeness (QED) is 0.851. The molecule has 0 aliphatic heterocycles. The second-order valence-corrected chi connectivity index (χ2v) is 6.58. The van der Waals surface area contributed by atoms with Crippen molar-refractivity contribution in [2.45, 2.75) is 31.1 Å². The lowest BCUT2D eigenvalue weighted by Gasteiger charge is -2.18. The van der Waals surface area contributed by atoms with Gasteiger partial charge in [-0.2, -0.15) is 0 Å². The Hall–Kier alpha value is -1.13. The number of rotatable bonds is 4. The lowest BCUT2D eigenvalue weighted by molar-refractivity contribution is 0.468. The number of hydrogen-bond acceptors (Lipinski definition) is 2. The summed E-state index contributed by atoms with van der Waals surface area (Å²) in [5.74, 6) is 0.426. The molecule has 0 saturated heterocycles. The minimum atomic E-state index is -3.35. The van der Waals surface area contributed by atoms with Crippen LogP contribution in [0.25, 0.3) is 0 Å². The van der Waals surface area contributed by atoms with Crippen molar-refractivity contribution in [2.24, 2.45) is 5.92 Å². The summed E-state index contributed by atoms with van der Waals surface area (Å²) in [5.41, 5.74) is 1.06. The maximum atomic E-state index is 12.1. The maximum absolute atomic E-state index is 12.1. The molecule has 2 rings (SSSR count). The van der Waals surface area contributed by atoms with Gasteiger partial charge in [0.1, 0.15) is 0 Å².